The Bertz CT molecular complexity index is 551. The summed E-state index contributed by atoms with van der Waals surface area (Å²) in [5.41, 5.74) is 1.69. The Hall–Kier alpha value is -1.40. The molecule has 2 unspecified atom stereocenters. The van der Waals surface area contributed by atoms with E-state index in [1.165, 1.54) is 0 Å². The largest absolute Gasteiger partial charge is 0.466 e. The second kappa shape index (κ2) is 6.85. The lowest BCUT2D eigenvalue weighted by Gasteiger charge is -2.15. The summed E-state index contributed by atoms with van der Waals surface area (Å²) >= 11 is 0. The lowest BCUT2D eigenvalue weighted by molar-refractivity contribution is -0.144. The number of esters is 1. The van der Waals surface area contributed by atoms with Gasteiger partial charge in [0, 0.05) is 6.04 Å². The van der Waals surface area contributed by atoms with E-state index in [4.69, 9.17) is 4.74 Å². The fourth-order valence-electron chi connectivity index (χ4n) is 1.87. The third-order valence-corrected chi connectivity index (χ3v) is 3.75. The molecule has 1 aromatic rings. The van der Waals surface area contributed by atoms with Crippen LogP contribution in [-0.4, -0.2) is 27.2 Å². The number of ether oxygens (including phenoxy) is 1. The third-order valence-electron chi connectivity index (χ3n) is 2.97. The molecule has 0 saturated heterocycles. The normalized spacial score (nSPS) is 14.6. The Kier molecular flexibility index (Phi) is 5.71. The molecule has 0 bridgehead atoms. The molecule has 2 atom stereocenters. The van der Waals surface area contributed by atoms with Gasteiger partial charge in [-0.2, -0.15) is 0 Å². The minimum atomic E-state index is -3.24. The van der Waals surface area contributed by atoms with Crippen molar-refractivity contribution < 1.29 is 17.9 Å². The summed E-state index contributed by atoms with van der Waals surface area (Å²) in [6.07, 6.45) is 1.13. The lowest BCUT2D eigenvalue weighted by Crippen LogP contribution is -2.25. The molecule has 0 saturated carbocycles. The van der Waals surface area contributed by atoms with Crippen molar-refractivity contribution in [2.24, 2.45) is 0 Å². The molecule has 6 heteroatoms. The van der Waals surface area contributed by atoms with Gasteiger partial charge in [-0.05, 0) is 31.9 Å². The zero-order valence-electron chi connectivity index (χ0n) is 12.2. The van der Waals surface area contributed by atoms with Gasteiger partial charge in [-0.3, -0.25) is 4.79 Å². The number of carbonyl (C=O) groups excluding carboxylic acids is 1. The molecule has 0 aliphatic rings. The molecule has 20 heavy (non-hydrogen) atoms. The van der Waals surface area contributed by atoms with E-state index in [9.17, 15) is 13.2 Å². The molecule has 0 heterocycles. The summed E-state index contributed by atoms with van der Waals surface area (Å²) in [6, 6.07) is 6.95. The van der Waals surface area contributed by atoms with Crippen LogP contribution in [0.5, 0.6) is 0 Å². The van der Waals surface area contributed by atoms with Crippen LogP contribution in [0, 0.1) is 0 Å². The van der Waals surface area contributed by atoms with Gasteiger partial charge in [-0.1, -0.05) is 24.3 Å². The summed E-state index contributed by atoms with van der Waals surface area (Å²) < 4.78 is 29.8. The monoisotopic (exact) mass is 299 g/mol. The summed E-state index contributed by atoms with van der Waals surface area (Å²) in [7, 11) is -3.24. The standard InChI is InChI=1S/C14H21NO4S/c1-5-19-14(16)10(2)12-6-8-13(9-7-12)11(3)15-20(4,17)18/h6-11,15H,5H2,1-4H3. The van der Waals surface area contributed by atoms with Gasteiger partial charge in [0.2, 0.25) is 10.0 Å². The van der Waals surface area contributed by atoms with Gasteiger partial charge in [0.25, 0.3) is 0 Å². The fraction of sp³-hybridized carbons (Fsp3) is 0.500. The van der Waals surface area contributed by atoms with E-state index >= 15 is 0 Å². The van der Waals surface area contributed by atoms with E-state index in [2.05, 4.69) is 4.72 Å². The molecule has 0 radical (unpaired) electrons. The first-order chi connectivity index (χ1) is 9.24. The fourth-order valence-corrected chi connectivity index (χ4v) is 2.64. The highest BCUT2D eigenvalue weighted by molar-refractivity contribution is 7.88. The highest BCUT2D eigenvalue weighted by Gasteiger charge is 2.17. The number of benzene rings is 1. The quantitative estimate of drug-likeness (QED) is 0.815. The number of nitrogens with one attached hydrogen (secondary N) is 1. The van der Waals surface area contributed by atoms with Crippen molar-refractivity contribution in [3.8, 4) is 0 Å². The molecule has 1 aromatic carbocycles. The average Bonchev–Trinajstić information content (AvgIpc) is 2.36. The molecule has 1 N–H and O–H groups in total. The summed E-state index contributed by atoms with van der Waals surface area (Å²) in [5.74, 6) is -0.593. The van der Waals surface area contributed by atoms with Gasteiger partial charge in [-0.15, -0.1) is 0 Å². The van der Waals surface area contributed by atoms with Crippen molar-refractivity contribution in [3.05, 3.63) is 35.4 Å². The molecule has 0 spiro atoms. The summed E-state index contributed by atoms with van der Waals surface area (Å²) in [4.78, 5) is 11.6. The van der Waals surface area contributed by atoms with Gasteiger partial charge < -0.3 is 4.74 Å². The number of hydrogen-bond donors (Lipinski definition) is 1. The van der Waals surface area contributed by atoms with Crippen LogP contribution in [0.3, 0.4) is 0 Å². The topological polar surface area (TPSA) is 72.5 Å². The SMILES string of the molecule is CCOC(=O)C(C)c1ccc(C(C)NS(C)(=O)=O)cc1. The summed E-state index contributed by atoms with van der Waals surface area (Å²) in [5, 5.41) is 0. The second-order valence-corrected chi connectivity index (χ2v) is 6.53. The number of sulfonamides is 1. The maximum absolute atomic E-state index is 11.6. The van der Waals surface area contributed by atoms with Gasteiger partial charge >= 0.3 is 5.97 Å². The average molecular weight is 299 g/mol. The molecule has 0 aliphatic heterocycles. The Morgan fingerprint density at radius 3 is 2.15 bits per heavy atom. The molecule has 1 rings (SSSR count). The lowest BCUT2D eigenvalue weighted by atomic mass is 9.98. The van der Waals surface area contributed by atoms with E-state index < -0.39 is 10.0 Å². The van der Waals surface area contributed by atoms with Crippen molar-refractivity contribution in [1.82, 2.24) is 4.72 Å². The van der Waals surface area contributed by atoms with Gasteiger partial charge in [0.1, 0.15) is 0 Å². The van der Waals surface area contributed by atoms with Crippen LogP contribution in [0.25, 0.3) is 0 Å². The zero-order valence-corrected chi connectivity index (χ0v) is 13.0. The molecular formula is C14H21NO4S. The van der Waals surface area contributed by atoms with E-state index in [0.717, 1.165) is 17.4 Å². The van der Waals surface area contributed by atoms with Crippen LogP contribution in [0.15, 0.2) is 24.3 Å². The van der Waals surface area contributed by atoms with Gasteiger partial charge in [-0.25, -0.2) is 13.1 Å². The van der Waals surface area contributed by atoms with E-state index in [-0.39, 0.29) is 17.9 Å². The number of rotatable bonds is 6. The Labute approximate surface area is 120 Å². The minimum Gasteiger partial charge on any atom is -0.466 e. The van der Waals surface area contributed by atoms with Crippen molar-refractivity contribution >= 4 is 16.0 Å². The van der Waals surface area contributed by atoms with Gasteiger partial charge in [0.05, 0.1) is 18.8 Å². The first-order valence-corrected chi connectivity index (χ1v) is 8.37. The van der Waals surface area contributed by atoms with Crippen LogP contribution >= 0.6 is 0 Å². The summed E-state index contributed by atoms with van der Waals surface area (Å²) in [6.45, 7) is 5.68. The van der Waals surface area contributed by atoms with E-state index in [0.29, 0.717) is 6.61 Å². The third kappa shape index (κ3) is 4.94. The van der Waals surface area contributed by atoms with Crippen molar-refractivity contribution in [3.63, 3.8) is 0 Å². The molecule has 0 fully saturated rings. The maximum Gasteiger partial charge on any atom is 0.313 e. The van der Waals surface area contributed by atoms with Crippen LogP contribution in [-0.2, 0) is 19.6 Å². The first kappa shape index (κ1) is 16.7. The minimum absolute atomic E-state index is 0.262. The first-order valence-electron chi connectivity index (χ1n) is 6.48. The van der Waals surface area contributed by atoms with Crippen molar-refractivity contribution in [1.29, 1.82) is 0 Å². The molecule has 112 valence electrons. The predicted molar refractivity (Wildman–Crippen MR) is 77.9 cm³/mol. The Morgan fingerprint density at radius 1 is 1.20 bits per heavy atom. The molecular weight excluding hydrogens is 278 g/mol. The van der Waals surface area contributed by atoms with E-state index in [1.807, 2.05) is 24.3 Å². The Morgan fingerprint density at radius 2 is 1.70 bits per heavy atom. The highest BCUT2D eigenvalue weighted by atomic mass is 32.2. The molecule has 0 aliphatic carbocycles. The van der Waals surface area contributed by atoms with Crippen LogP contribution in [0.4, 0.5) is 0 Å². The Balaban J connectivity index is 2.81. The van der Waals surface area contributed by atoms with Crippen LogP contribution < -0.4 is 4.72 Å². The number of carbonyl (C=O) groups is 1. The second-order valence-electron chi connectivity index (χ2n) is 4.75. The van der Waals surface area contributed by atoms with Crippen molar-refractivity contribution in [2.45, 2.75) is 32.7 Å². The number of hydrogen-bond acceptors (Lipinski definition) is 4. The van der Waals surface area contributed by atoms with Crippen LogP contribution in [0.1, 0.15) is 43.9 Å². The maximum atomic E-state index is 11.6. The predicted octanol–water partition coefficient (Wildman–Crippen LogP) is 1.96. The molecule has 0 aromatic heterocycles. The van der Waals surface area contributed by atoms with Gasteiger partial charge in [0.15, 0.2) is 0 Å². The van der Waals surface area contributed by atoms with Crippen LogP contribution in [0.2, 0.25) is 0 Å². The molecule has 0 amide bonds. The van der Waals surface area contributed by atoms with Crippen molar-refractivity contribution in [2.75, 3.05) is 12.9 Å². The molecule has 5 nitrogen and oxygen atoms in total. The highest BCUT2D eigenvalue weighted by Crippen LogP contribution is 2.20. The van der Waals surface area contributed by atoms with E-state index in [1.54, 1.807) is 20.8 Å². The smallest absolute Gasteiger partial charge is 0.313 e. The zero-order chi connectivity index (χ0) is 15.3.